The van der Waals surface area contributed by atoms with Gasteiger partial charge in [0.15, 0.2) is 5.11 Å². The van der Waals surface area contributed by atoms with Crippen molar-refractivity contribution >= 4 is 50.8 Å². The SMILES string of the molecule is CCCCCCOc1ccc(C(=O)NC(=S)Nc2ccc(C(=O)NC(C)C)cc2)cc1Br. The number of hydrogen-bond acceptors (Lipinski definition) is 4. The van der Waals surface area contributed by atoms with E-state index >= 15 is 0 Å². The van der Waals surface area contributed by atoms with Gasteiger partial charge in [-0.2, -0.15) is 0 Å². The number of thiocarbonyl (C=S) groups is 1. The summed E-state index contributed by atoms with van der Waals surface area (Å²) < 4.78 is 6.50. The molecule has 0 aliphatic carbocycles. The molecule has 0 atom stereocenters. The summed E-state index contributed by atoms with van der Waals surface area (Å²) in [6.07, 6.45) is 4.54. The average Bonchev–Trinajstić information content (AvgIpc) is 2.74. The Bertz CT molecular complexity index is 933. The third kappa shape index (κ3) is 8.59. The van der Waals surface area contributed by atoms with Gasteiger partial charge in [-0.1, -0.05) is 26.2 Å². The first-order chi connectivity index (χ1) is 15.3. The van der Waals surface area contributed by atoms with E-state index in [-0.39, 0.29) is 23.0 Å². The number of rotatable bonds is 10. The lowest BCUT2D eigenvalue weighted by atomic mass is 10.2. The Morgan fingerprint density at radius 3 is 2.31 bits per heavy atom. The summed E-state index contributed by atoms with van der Waals surface area (Å²) in [5.41, 5.74) is 1.68. The van der Waals surface area contributed by atoms with Gasteiger partial charge in [0.05, 0.1) is 11.1 Å². The predicted octanol–water partition coefficient (Wildman–Crippen LogP) is 5.67. The summed E-state index contributed by atoms with van der Waals surface area (Å²) in [7, 11) is 0. The topological polar surface area (TPSA) is 79.5 Å². The van der Waals surface area contributed by atoms with E-state index in [2.05, 4.69) is 38.8 Å². The van der Waals surface area contributed by atoms with Crippen molar-refractivity contribution in [3.63, 3.8) is 0 Å². The van der Waals surface area contributed by atoms with Crippen molar-refractivity contribution in [1.82, 2.24) is 10.6 Å². The Labute approximate surface area is 203 Å². The van der Waals surface area contributed by atoms with Crippen LogP contribution in [0.25, 0.3) is 0 Å². The van der Waals surface area contributed by atoms with Crippen LogP contribution in [0.3, 0.4) is 0 Å². The Balaban J connectivity index is 1.87. The maximum Gasteiger partial charge on any atom is 0.257 e. The summed E-state index contributed by atoms with van der Waals surface area (Å²) in [6.45, 7) is 6.63. The first-order valence-electron chi connectivity index (χ1n) is 10.8. The first kappa shape index (κ1) is 25.8. The predicted molar refractivity (Wildman–Crippen MR) is 137 cm³/mol. The normalized spacial score (nSPS) is 10.5. The minimum absolute atomic E-state index is 0.0644. The molecule has 2 aromatic carbocycles. The molecule has 0 aliphatic rings. The Morgan fingerprint density at radius 2 is 1.69 bits per heavy atom. The van der Waals surface area contributed by atoms with Gasteiger partial charge in [0.2, 0.25) is 0 Å². The fourth-order valence-corrected chi connectivity index (χ4v) is 3.56. The quantitative estimate of drug-likeness (QED) is 0.278. The second-order valence-electron chi connectivity index (χ2n) is 7.67. The van der Waals surface area contributed by atoms with E-state index in [0.29, 0.717) is 29.2 Å². The van der Waals surface area contributed by atoms with Crippen LogP contribution in [0, 0.1) is 0 Å². The number of benzene rings is 2. The van der Waals surface area contributed by atoms with Crippen molar-refractivity contribution in [3.05, 3.63) is 58.1 Å². The van der Waals surface area contributed by atoms with Crippen molar-refractivity contribution in [2.45, 2.75) is 52.5 Å². The molecule has 0 saturated heterocycles. The van der Waals surface area contributed by atoms with E-state index in [1.807, 2.05) is 13.8 Å². The molecule has 3 N–H and O–H groups in total. The molecule has 0 unspecified atom stereocenters. The molecular formula is C24H30BrN3O3S. The maximum absolute atomic E-state index is 12.5. The maximum atomic E-state index is 12.5. The number of nitrogens with one attached hydrogen (secondary N) is 3. The van der Waals surface area contributed by atoms with E-state index < -0.39 is 0 Å². The second-order valence-corrected chi connectivity index (χ2v) is 8.93. The van der Waals surface area contributed by atoms with Crippen LogP contribution in [-0.2, 0) is 0 Å². The van der Waals surface area contributed by atoms with Crippen LogP contribution in [0.1, 0.15) is 67.2 Å². The van der Waals surface area contributed by atoms with Crippen LogP contribution < -0.4 is 20.7 Å². The summed E-state index contributed by atoms with van der Waals surface area (Å²) >= 11 is 8.71. The van der Waals surface area contributed by atoms with Gasteiger partial charge in [0.1, 0.15) is 5.75 Å². The highest BCUT2D eigenvalue weighted by atomic mass is 79.9. The van der Waals surface area contributed by atoms with E-state index in [0.717, 1.165) is 17.3 Å². The molecule has 172 valence electrons. The molecule has 0 heterocycles. The summed E-state index contributed by atoms with van der Waals surface area (Å²) in [4.78, 5) is 24.5. The van der Waals surface area contributed by atoms with Crippen LogP contribution >= 0.6 is 28.1 Å². The smallest absolute Gasteiger partial charge is 0.257 e. The molecule has 0 radical (unpaired) electrons. The molecule has 2 amide bonds. The van der Waals surface area contributed by atoms with Crippen molar-refractivity contribution < 1.29 is 14.3 Å². The zero-order valence-electron chi connectivity index (χ0n) is 18.7. The first-order valence-corrected chi connectivity index (χ1v) is 12.0. The fourth-order valence-electron chi connectivity index (χ4n) is 2.86. The molecule has 0 fully saturated rings. The largest absolute Gasteiger partial charge is 0.492 e. The lowest BCUT2D eigenvalue weighted by Gasteiger charge is -2.12. The molecule has 0 aromatic heterocycles. The minimum Gasteiger partial charge on any atom is -0.492 e. The standard InChI is InChI=1S/C24H30BrN3O3S/c1-4-5-6-7-14-31-21-13-10-18(15-20(21)25)23(30)28-24(32)27-19-11-8-17(9-12-19)22(29)26-16(2)3/h8-13,15-16H,4-7,14H2,1-3H3,(H,26,29)(H2,27,28,30,32). The van der Waals surface area contributed by atoms with Gasteiger partial charge in [-0.15, -0.1) is 0 Å². The van der Waals surface area contributed by atoms with E-state index in [1.54, 1.807) is 42.5 Å². The van der Waals surface area contributed by atoms with E-state index in [4.69, 9.17) is 17.0 Å². The van der Waals surface area contributed by atoms with Crippen LogP contribution in [0.4, 0.5) is 5.69 Å². The molecule has 0 spiro atoms. The van der Waals surface area contributed by atoms with Crippen LogP contribution in [-0.4, -0.2) is 29.6 Å². The van der Waals surface area contributed by atoms with Crippen molar-refractivity contribution in [3.8, 4) is 5.75 Å². The molecule has 0 aliphatic heterocycles. The van der Waals surface area contributed by atoms with Gasteiger partial charge < -0.3 is 15.4 Å². The van der Waals surface area contributed by atoms with Crippen molar-refractivity contribution in [2.24, 2.45) is 0 Å². The number of carbonyl (C=O) groups is 2. The van der Waals surface area contributed by atoms with Gasteiger partial charge in [-0.3, -0.25) is 14.9 Å². The van der Waals surface area contributed by atoms with Crippen molar-refractivity contribution in [2.75, 3.05) is 11.9 Å². The number of unbranched alkanes of at least 4 members (excludes halogenated alkanes) is 3. The van der Waals surface area contributed by atoms with Gasteiger partial charge in [0.25, 0.3) is 11.8 Å². The lowest BCUT2D eigenvalue weighted by molar-refractivity contribution is 0.0941. The number of carbonyl (C=O) groups excluding carboxylic acids is 2. The van der Waals surface area contributed by atoms with Crippen LogP contribution in [0.15, 0.2) is 46.9 Å². The summed E-state index contributed by atoms with van der Waals surface area (Å²) in [5.74, 6) is 0.243. The van der Waals surface area contributed by atoms with E-state index in [1.165, 1.54) is 12.8 Å². The third-order valence-corrected chi connectivity index (χ3v) is 5.33. The lowest BCUT2D eigenvalue weighted by Crippen LogP contribution is -2.34. The van der Waals surface area contributed by atoms with Gasteiger partial charge in [0, 0.05) is 22.9 Å². The molecule has 2 aromatic rings. The third-order valence-electron chi connectivity index (χ3n) is 4.50. The van der Waals surface area contributed by atoms with Crippen LogP contribution in [0.2, 0.25) is 0 Å². The number of anilines is 1. The number of halogens is 1. The number of ether oxygens (including phenoxy) is 1. The molecule has 0 saturated carbocycles. The average molecular weight is 520 g/mol. The monoisotopic (exact) mass is 519 g/mol. The molecule has 8 heteroatoms. The van der Waals surface area contributed by atoms with Gasteiger partial charge in [-0.25, -0.2) is 0 Å². The van der Waals surface area contributed by atoms with Gasteiger partial charge >= 0.3 is 0 Å². The zero-order valence-corrected chi connectivity index (χ0v) is 21.1. The number of hydrogen-bond donors (Lipinski definition) is 3. The number of amides is 2. The molecule has 32 heavy (non-hydrogen) atoms. The summed E-state index contributed by atoms with van der Waals surface area (Å²) in [6, 6.07) is 12.1. The molecule has 2 rings (SSSR count). The highest BCUT2D eigenvalue weighted by Gasteiger charge is 2.12. The Kier molecular flexibility index (Phi) is 10.6. The highest BCUT2D eigenvalue weighted by Crippen LogP contribution is 2.26. The Morgan fingerprint density at radius 1 is 1.00 bits per heavy atom. The Hall–Kier alpha value is -2.45. The zero-order chi connectivity index (χ0) is 23.5. The minimum atomic E-state index is -0.328. The van der Waals surface area contributed by atoms with E-state index in [9.17, 15) is 9.59 Å². The highest BCUT2D eigenvalue weighted by molar-refractivity contribution is 9.10. The van der Waals surface area contributed by atoms with Crippen LogP contribution in [0.5, 0.6) is 5.75 Å². The second kappa shape index (κ2) is 13.2. The van der Waals surface area contributed by atoms with Crippen molar-refractivity contribution in [1.29, 1.82) is 0 Å². The summed E-state index contributed by atoms with van der Waals surface area (Å²) in [5, 5.41) is 8.62. The molecule has 0 bridgehead atoms. The molecule has 6 nitrogen and oxygen atoms in total. The fraction of sp³-hybridized carbons (Fsp3) is 0.375. The molecular weight excluding hydrogens is 490 g/mol. The van der Waals surface area contributed by atoms with Gasteiger partial charge in [-0.05, 0) is 90.9 Å².